The van der Waals surface area contributed by atoms with Crippen LogP contribution in [-0.2, 0) is 11.3 Å². The molecular formula is C19H27N3O. The first-order chi connectivity index (χ1) is 11.2. The highest BCUT2D eigenvalue weighted by molar-refractivity contribution is 5.94. The molecule has 4 rings (SSSR count). The minimum absolute atomic E-state index is 0.319. The average molecular weight is 313 g/mol. The molecule has 0 saturated carbocycles. The summed E-state index contributed by atoms with van der Waals surface area (Å²) in [5, 5.41) is 3.67. The first-order valence-corrected chi connectivity index (χ1v) is 9.02. The molecule has 2 atom stereocenters. The van der Waals surface area contributed by atoms with Crippen LogP contribution >= 0.6 is 0 Å². The summed E-state index contributed by atoms with van der Waals surface area (Å²) < 4.78 is 0. The lowest BCUT2D eigenvalue weighted by Gasteiger charge is -2.31. The zero-order valence-electron chi connectivity index (χ0n) is 14.0. The molecule has 23 heavy (non-hydrogen) atoms. The number of fused-ring (bicyclic) bond motifs is 3. The molecule has 1 N–H and O–H groups in total. The van der Waals surface area contributed by atoms with Gasteiger partial charge in [0.2, 0.25) is 5.91 Å². The Morgan fingerprint density at radius 2 is 1.91 bits per heavy atom. The fourth-order valence-electron chi connectivity index (χ4n) is 4.63. The lowest BCUT2D eigenvalue weighted by Crippen LogP contribution is -2.41. The molecule has 1 aromatic rings. The van der Waals surface area contributed by atoms with Gasteiger partial charge in [-0.3, -0.25) is 4.79 Å². The van der Waals surface area contributed by atoms with Crippen molar-refractivity contribution in [2.75, 3.05) is 25.0 Å². The van der Waals surface area contributed by atoms with Crippen LogP contribution in [0, 0.1) is 5.92 Å². The molecule has 2 saturated heterocycles. The molecule has 124 valence electrons. The summed E-state index contributed by atoms with van der Waals surface area (Å²) in [6, 6.07) is 9.71. The summed E-state index contributed by atoms with van der Waals surface area (Å²) in [6.45, 7) is 2.68. The van der Waals surface area contributed by atoms with Crippen LogP contribution in [0.5, 0.6) is 0 Å². The molecule has 3 aliphatic heterocycles. The number of carbonyl (C=O) groups is 1. The van der Waals surface area contributed by atoms with Crippen molar-refractivity contribution >= 4 is 11.6 Å². The first kappa shape index (κ1) is 15.2. The Morgan fingerprint density at radius 3 is 2.70 bits per heavy atom. The standard InChI is InChI=1S/C19H27N3O/c1-21-8-9-22(18-5-3-2-4-15(18)13-21)19(23)12-14-10-16-6-7-17(11-14)20-16/h2-5,14,16-17,20H,6-13H2,1H3. The number of anilines is 1. The Balaban J connectivity index is 1.49. The third kappa shape index (κ3) is 3.15. The number of nitrogens with zero attached hydrogens (tertiary/aromatic N) is 2. The van der Waals surface area contributed by atoms with Crippen LogP contribution in [0.1, 0.15) is 37.7 Å². The van der Waals surface area contributed by atoms with Crippen LogP contribution in [0.15, 0.2) is 24.3 Å². The Bertz CT molecular complexity index is 576. The van der Waals surface area contributed by atoms with Crippen molar-refractivity contribution in [2.24, 2.45) is 5.92 Å². The third-order valence-corrected chi connectivity index (χ3v) is 5.76. The van der Waals surface area contributed by atoms with E-state index in [-0.39, 0.29) is 0 Å². The van der Waals surface area contributed by atoms with E-state index in [1.807, 2.05) is 4.90 Å². The van der Waals surface area contributed by atoms with Gasteiger partial charge in [0.05, 0.1) is 0 Å². The minimum atomic E-state index is 0.319. The van der Waals surface area contributed by atoms with Crippen LogP contribution < -0.4 is 10.2 Å². The van der Waals surface area contributed by atoms with Crippen LogP contribution in [0.25, 0.3) is 0 Å². The zero-order valence-corrected chi connectivity index (χ0v) is 14.0. The molecule has 4 heteroatoms. The second kappa shape index (κ2) is 6.25. The fourth-order valence-corrected chi connectivity index (χ4v) is 4.63. The van der Waals surface area contributed by atoms with Gasteiger partial charge < -0.3 is 15.1 Å². The van der Waals surface area contributed by atoms with Crippen LogP contribution in [0.2, 0.25) is 0 Å². The number of para-hydroxylation sites is 1. The number of piperidine rings is 1. The van der Waals surface area contributed by atoms with Crippen molar-refractivity contribution in [3.05, 3.63) is 29.8 Å². The molecule has 3 aliphatic rings. The maximum atomic E-state index is 13.0. The molecule has 0 aliphatic carbocycles. The van der Waals surface area contributed by atoms with Gasteiger partial charge in [0.1, 0.15) is 0 Å². The van der Waals surface area contributed by atoms with E-state index in [4.69, 9.17) is 0 Å². The number of nitrogens with one attached hydrogen (secondary N) is 1. The Hall–Kier alpha value is -1.39. The highest BCUT2D eigenvalue weighted by atomic mass is 16.2. The SMILES string of the molecule is CN1CCN(C(=O)CC2CC3CCC(C2)N3)c2ccccc2C1. The van der Waals surface area contributed by atoms with E-state index in [2.05, 4.69) is 41.5 Å². The lowest BCUT2D eigenvalue weighted by molar-refractivity contribution is -0.119. The zero-order chi connectivity index (χ0) is 15.8. The van der Waals surface area contributed by atoms with E-state index in [9.17, 15) is 4.79 Å². The van der Waals surface area contributed by atoms with Gasteiger partial charge >= 0.3 is 0 Å². The smallest absolute Gasteiger partial charge is 0.227 e. The minimum Gasteiger partial charge on any atom is -0.311 e. The molecule has 4 nitrogen and oxygen atoms in total. The molecular weight excluding hydrogens is 286 g/mol. The van der Waals surface area contributed by atoms with Crippen molar-refractivity contribution in [2.45, 2.75) is 50.7 Å². The fraction of sp³-hybridized carbons (Fsp3) is 0.632. The average Bonchev–Trinajstić information content (AvgIpc) is 2.77. The summed E-state index contributed by atoms with van der Waals surface area (Å²) in [5.74, 6) is 0.883. The number of carbonyl (C=O) groups excluding carboxylic acids is 1. The molecule has 1 aromatic carbocycles. The molecule has 0 spiro atoms. The van der Waals surface area contributed by atoms with E-state index in [1.165, 1.54) is 31.2 Å². The van der Waals surface area contributed by atoms with Crippen molar-refractivity contribution in [1.29, 1.82) is 0 Å². The second-order valence-electron chi connectivity index (χ2n) is 7.59. The summed E-state index contributed by atoms with van der Waals surface area (Å²) >= 11 is 0. The molecule has 2 fully saturated rings. The Morgan fingerprint density at radius 1 is 1.17 bits per heavy atom. The normalized spacial score (nSPS) is 30.8. The van der Waals surface area contributed by atoms with E-state index in [0.29, 0.717) is 30.3 Å². The van der Waals surface area contributed by atoms with E-state index in [1.54, 1.807) is 0 Å². The third-order valence-electron chi connectivity index (χ3n) is 5.76. The second-order valence-corrected chi connectivity index (χ2v) is 7.59. The number of benzene rings is 1. The van der Waals surface area contributed by atoms with E-state index in [0.717, 1.165) is 25.3 Å². The van der Waals surface area contributed by atoms with Crippen molar-refractivity contribution < 1.29 is 4.79 Å². The Labute approximate surface area is 138 Å². The number of hydrogen-bond donors (Lipinski definition) is 1. The van der Waals surface area contributed by atoms with E-state index >= 15 is 0 Å². The maximum Gasteiger partial charge on any atom is 0.227 e. The van der Waals surface area contributed by atoms with Gasteiger partial charge in [-0.1, -0.05) is 18.2 Å². The van der Waals surface area contributed by atoms with Gasteiger partial charge in [0, 0.05) is 43.8 Å². The summed E-state index contributed by atoms with van der Waals surface area (Å²) in [5.41, 5.74) is 2.39. The molecule has 2 bridgehead atoms. The number of hydrogen-bond acceptors (Lipinski definition) is 3. The highest BCUT2D eigenvalue weighted by Gasteiger charge is 2.35. The maximum absolute atomic E-state index is 13.0. The van der Waals surface area contributed by atoms with Gasteiger partial charge in [-0.05, 0) is 50.3 Å². The first-order valence-electron chi connectivity index (χ1n) is 9.02. The summed E-state index contributed by atoms with van der Waals surface area (Å²) in [7, 11) is 2.13. The number of rotatable bonds is 2. The lowest BCUT2D eigenvalue weighted by atomic mass is 9.89. The highest BCUT2D eigenvalue weighted by Crippen LogP contribution is 2.34. The molecule has 1 amide bonds. The summed E-state index contributed by atoms with van der Waals surface area (Å²) in [4.78, 5) is 17.4. The van der Waals surface area contributed by atoms with Gasteiger partial charge in [-0.2, -0.15) is 0 Å². The van der Waals surface area contributed by atoms with Crippen molar-refractivity contribution in [1.82, 2.24) is 10.2 Å². The quantitative estimate of drug-likeness (QED) is 0.910. The predicted octanol–water partition coefficient (Wildman–Crippen LogP) is 2.39. The topological polar surface area (TPSA) is 35.6 Å². The number of likely N-dealkylation sites (N-methyl/N-ethyl adjacent to an activating group) is 1. The molecule has 3 heterocycles. The van der Waals surface area contributed by atoms with Gasteiger partial charge in [0.15, 0.2) is 0 Å². The Kier molecular flexibility index (Phi) is 4.12. The van der Waals surface area contributed by atoms with Gasteiger partial charge in [-0.15, -0.1) is 0 Å². The van der Waals surface area contributed by atoms with Gasteiger partial charge in [0.25, 0.3) is 0 Å². The number of amides is 1. The monoisotopic (exact) mass is 313 g/mol. The van der Waals surface area contributed by atoms with Crippen LogP contribution in [-0.4, -0.2) is 43.0 Å². The van der Waals surface area contributed by atoms with Gasteiger partial charge in [-0.25, -0.2) is 0 Å². The van der Waals surface area contributed by atoms with Crippen LogP contribution in [0.4, 0.5) is 5.69 Å². The predicted molar refractivity (Wildman–Crippen MR) is 92.4 cm³/mol. The summed E-state index contributed by atoms with van der Waals surface area (Å²) in [6.07, 6.45) is 5.67. The molecule has 0 radical (unpaired) electrons. The van der Waals surface area contributed by atoms with Crippen molar-refractivity contribution in [3.63, 3.8) is 0 Å². The van der Waals surface area contributed by atoms with Crippen LogP contribution in [0.3, 0.4) is 0 Å². The van der Waals surface area contributed by atoms with Crippen molar-refractivity contribution in [3.8, 4) is 0 Å². The largest absolute Gasteiger partial charge is 0.311 e. The molecule has 0 aromatic heterocycles. The van der Waals surface area contributed by atoms with E-state index < -0.39 is 0 Å². The molecule has 2 unspecified atom stereocenters.